The second-order valence-corrected chi connectivity index (χ2v) is 4.77. The number of nitrogens with one attached hydrogen (secondary N) is 1. The number of nitrogens with zero attached hydrogens (tertiary/aromatic N) is 2. The lowest BCUT2D eigenvalue weighted by atomic mass is 10.1. The van der Waals surface area contributed by atoms with Gasteiger partial charge in [0.25, 0.3) is 0 Å². The first kappa shape index (κ1) is 13.4. The average Bonchev–Trinajstić information content (AvgIpc) is 2.65. The Morgan fingerprint density at radius 1 is 1.53 bits per heavy atom. The van der Waals surface area contributed by atoms with Gasteiger partial charge in [0.2, 0.25) is 5.91 Å². The third-order valence-electron chi connectivity index (χ3n) is 2.78. The fourth-order valence-corrected chi connectivity index (χ4v) is 2.14. The highest BCUT2D eigenvalue weighted by Gasteiger charge is 2.21. The fourth-order valence-electron chi connectivity index (χ4n) is 1.95. The van der Waals surface area contributed by atoms with Crippen LogP contribution in [0.3, 0.4) is 0 Å². The first-order valence-corrected chi connectivity index (χ1v) is 6.16. The molecule has 5 nitrogen and oxygen atoms in total. The van der Waals surface area contributed by atoms with E-state index in [1.807, 2.05) is 13.0 Å². The summed E-state index contributed by atoms with van der Waals surface area (Å²) in [6.07, 6.45) is 1.78. The normalized spacial score (nSPS) is 12.2. The number of aryl methyl sites for hydroxylation is 2. The molecular formula is C13H15ClN4O. The molecule has 0 saturated carbocycles. The number of halogens is 1. The van der Waals surface area contributed by atoms with Gasteiger partial charge in [-0.25, -0.2) is 0 Å². The van der Waals surface area contributed by atoms with Crippen LogP contribution in [-0.4, -0.2) is 15.7 Å². The molecule has 1 heterocycles. The maximum absolute atomic E-state index is 11.6. The summed E-state index contributed by atoms with van der Waals surface area (Å²) in [7, 11) is 1.80. The van der Waals surface area contributed by atoms with E-state index in [0.29, 0.717) is 5.02 Å². The number of carbonyl (C=O) groups is 1. The molecule has 0 fully saturated rings. The number of hydrogen-bond donors (Lipinski definition) is 2. The van der Waals surface area contributed by atoms with Gasteiger partial charge in [0.15, 0.2) is 0 Å². The summed E-state index contributed by atoms with van der Waals surface area (Å²) in [5, 5.41) is 7.89. The maximum Gasteiger partial charge on any atom is 0.244 e. The highest BCUT2D eigenvalue weighted by atomic mass is 35.5. The summed E-state index contributed by atoms with van der Waals surface area (Å²) in [4.78, 5) is 11.6. The largest absolute Gasteiger partial charge is 0.370 e. The zero-order valence-corrected chi connectivity index (χ0v) is 11.5. The molecule has 1 unspecified atom stereocenters. The second-order valence-electron chi connectivity index (χ2n) is 4.33. The Morgan fingerprint density at radius 2 is 2.26 bits per heavy atom. The Kier molecular flexibility index (Phi) is 3.76. The van der Waals surface area contributed by atoms with Gasteiger partial charge in [-0.15, -0.1) is 0 Å². The number of amides is 1. The van der Waals surface area contributed by atoms with E-state index in [1.165, 1.54) is 0 Å². The van der Waals surface area contributed by atoms with Crippen LogP contribution < -0.4 is 11.1 Å². The molecular weight excluding hydrogens is 264 g/mol. The average molecular weight is 279 g/mol. The first-order valence-electron chi connectivity index (χ1n) is 5.79. The van der Waals surface area contributed by atoms with E-state index >= 15 is 0 Å². The van der Waals surface area contributed by atoms with Crippen molar-refractivity contribution in [2.24, 2.45) is 12.8 Å². The van der Waals surface area contributed by atoms with Crippen molar-refractivity contribution >= 4 is 23.2 Å². The molecule has 3 N–H and O–H groups in total. The first-order chi connectivity index (χ1) is 8.97. The van der Waals surface area contributed by atoms with E-state index in [2.05, 4.69) is 10.4 Å². The third-order valence-corrected chi connectivity index (χ3v) is 3.02. The van der Waals surface area contributed by atoms with Gasteiger partial charge in [0.1, 0.15) is 6.04 Å². The molecule has 19 heavy (non-hydrogen) atoms. The number of rotatable bonds is 4. The summed E-state index contributed by atoms with van der Waals surface area (Å²) in [6.45, 7) is 1.84. The standard InChI is InChI=1S/C13H15ClN4O/c1-8-11(7-18(2)17-8)12(13(15)19)16-10-5-3-4-9(14)6-10/h3-7,12,16H,1-2H3,(H2,15,19). The smallest absolute Gasteiger partial charge is 0.244 e. The Morgan fingerprint density at radius 3 is 2.79 bits per heavy atom. The predicted octanol–water partition coefficient (Wildman–Crippen LogP) is 2.02. The Bertz CT molecular complexity index is 608. The predicted molar refractivity (Wildman–Crippen MR) is 75.0 cm³/mol. The molecule has 0 spiro atoms. The molecule has 0 aliphatic carbocycles. The molecule has 0 radical (unpaired) electrons. The number of hydrogen-bond acceptors (Lipinski definition) is 3. The lowest BCUT2D eigenvalue weighted by Gasteiger charge is -2.16. The topological polar surface area (TPSA) is 72.9 Å². The molecule has 0 aliphatic heterocycles. The van der Waals surface area contributed by atoms with Gasteiger partial charge in [0.05, 0.1) is 5.69 Å². The van der Waals surface area contributed by atoms with E-state index in [-0.39, 0.29) is 0 Å². The maximum atomic E-state index is 11.6. The fraction of sp³-hybridized carbons (Fsp3) is 0.231. The Balaban J connectivity index is 2.32. The van der Waals surface area contributed by atoms with Crippen LogP contribution in [0, 0.1) is 6.92 Å². The van der Waals surface area contributed by atoms with E-state index in [1.54, 1.807) is 36.1 Å². The molecule has 2 rings (SSSR count). The monoisotopic (exact) mass is 278 g/mol. The number of benzene rings is 1. The van der Waals surface area contributed by atoms with Crippen molar-refractivity contribution in [3.63, 3.8) is 0 Å². The summed E-state index contributed by atoms with van der Waals surface area (Å²) >= 11 is 5.92. The molecule has 6 heteroatoms. The highest BCUT2D eigenvalue weighted by Crippen LogP contribution is 2.23. The van der Waals surface area contributed by atoms with Gasteiger partial charge >= 0.3 is 0 Å². The summed E-state index contributed by atoms with van der Waals surface area (Å²) in [5.74, 6) is -0.462. The summed E-state index contributed by atoms with van der Waals surface area (Å²) in [6, 6.07) is 6.50. The van der Waals surface area contributed by atoms with E-state index < -0.39 is 11.9 Å². The summed E-state index contributed by atoms with van der Waals surface area (Å²) in [5.41, 5.74) is 7.72. The van der Waals surface area contributed by atoms with E-state index in [9.17, 15) is 4.79 Å². The van der Waals surface area contributed by atoms with Crippen LogP contribution in [0.25, 0.3) is 0 Å². The van der Waals surface area contributed by atoms with Crippen LogP contribution in [-0.2, 0) is 11.8 Å². The molecule has 1 atom stereocenters. The minimum absolute atomic E-state index is 0.462. The van der Waals surface area contributed by atoms with Crippen molar-refractivity contribution in [1.29, 1.82) is 0 Å². The van der Waals surface area contributed by atoms with Crippen molar-refractivity contribution in [2.45, 2.75) is 13.0 Å². The molecule has 0 saturated heterocycles. The number of aromatic nitrogens is 2. The third kappa shape index (κ3) is 3.06. The number of nitrogens with two attached hydrogens (primary N) is 1. The number of anilines is 1. The molecule has 100 valence electrons. The van der Waals surface area contributed by atoms with Gasteiger partial charge in [0, 0.05) is 29.5 Å². The lowest BCUT2D eigenvalue weighted by molar-refractivity contribution is -0.118. The highest BCUT2D eigenvalue weighted by molar-refractivity contribution is 6.30. The Hall–Kier alpha value is -2.01. The SMILES string of the molecule is Cc1nn(C)cc1C(Nc1cccc(Cl)c1)C(N)=O. The van der Waals surface area contributed by atoms with Crippen LogP contribution in [0.4, 0.5) is 5.69 Å². The zero-order chi connectivity index (χ0) is 14.0. The minimum Gasteiger partial charge on any atom is -0.370 e. The molecule has 0 bridgehead atoms. The molecule has 2 aromatic rings. The Labute approximate surface area is 116 Å². The van der Waals surface area contributed by atoms with Crippen LogP contribution in [0.5, 0.6) is 0 Å². The lowest BCUT2D eigenvalue weighted by Crippen LogP contribution is -2.28. The quantitative estimate of drug-likeness (QED) is 0.899. The molecule has 1 aromatic carbocycles. The van der Waals surface area contributed by atoms with Crippen LogP contribution in [0.1, 0.15) is 17.3 Å². The van der Waals surface area contributed by atoms with Crippen molar-refractivity contribution in [3.8, 4) is 0 Å². The van der Waals surface area contributed by atoms with Gasteiger partial charge < -0.3 is 11.1 Å². The summed E-state index contributed by atoms with van der Waals surface area (Å²) < 4.78 is 1.65. The van der Waals surface area contributed by atoms with Gasteiger partial charge in [-0.05, 0) is 25.1 Å². The number of primary amides is 1. The van der Waals surface area contributed by atoms with Crippen molar-refractivity contribution in [2.75, 3.05) is 5.32 Å². The van der Waals surface area contributed by atoms with Crippen molar-refractivity contribution in [3.05, 3.63) is 46.7 Å². The minimum atomic E-state index is -0.632. The van der Waals surface area contributed by atoms with Crippen molar-refractivity contribution in [1.82, 2.24) is 9.78 Å². The number of carbonyl (C=O) groups excluding carboxylic acids is 1. The van der Waals surface area contributed by atoms with E-state index in [4.69, 9.17) is 17.3 Å². The second kappa shape index (κ2) is 5.32. The van der Waals surface area contributed by atoms with Crippen LogP contribution >= 0.6 is 11.6 Å². The van der Waals surface area contributed by atoms with Crippen LogP contribution in [0.15, 0.2) is 30.5 Å². The van der Waals surface area contributed by atoms with Crippen molar-refractivity contribution < 1.29 is 4.79 Å². The van der Waals surface area contributed by atoms with E-state index in [0.717, 1.165) is 16.9 Å². The van der Waals surface area contributed by atoms with Gasteiger partial charge in [-0.1, -0.05) is 17.7 Å². The molecule has 1 aromatic heterocycles. The van der Waals surface area contributed by atoms with Gasteiger partial charge in [-0.3, -0.25) is 9.48 Å². The zero-order valence-electron chi connectivity index (χ0n) is 10.7. The van der Waals surface area contributed by atoms with Gasteiger partial charge in [-0.2, -0.15) is 5.10 Å². The molecule has 0 aliphatic rings. The van der Waals surface area contributed by atoms with Crippen LogP contribution in [0.2, 0.25) is 5.02 Å². The molecule has 1 amide bonds.